The lowest BCUT2D eigenvalue weighted by molar-refractivity contribution is 0.575. The zero-order chi connectivity index (χ0) is 17.0. The predicted molar refractivity (Wildman–Crippen MR) is 109 cm³/mol. The number of thiocarbonyl (C=S) groups is 1. The molecule has 1 saturated heterocycles. The van der Waals surface area contributed by atoms with Gasteiger partial charge in [-0.25, -0.2) is 0 Å². The SMILES string of the molecule is CCCCCCCCCCc1ccccc1C(=S)N[C@@H]1CCNC1. The van der Waals surface area contributed by atoms with Crippen LogP contribution in [0.25, 0.3) is 0 Å². The van der Waals surface area contributed by atoms with E-state index in [9.17, 15) is 0 Å². The predicted octanol–water partition coefficient (Wildman–Crippen LogP) is 5.00. The van der Waals surface area contributed by atoms with Crippen molar-refractivity contribution in [3.8, 4) is 0 Å². The van der Waals surface area contributed by atoms with Crippen molar-refractivity contribution in [1.29, 1.82) is 0 Å². The first-order chi connectivity index (χ1) is 11.8. The van der Waals surface area contributed by atoms with Gasteiger partial charge in [0.1, 0.15) is 4.99 Å². The van der Waals surface area contributed by atoms with Gasteiger partial charge in [-0.3, -0.25) is 0 Å². The Hall–Kier alpha value is -0.930. The lowest BCUT2D eigenvalue weighted by Gasteiger charge is -2.16. The topological polar surface area (TPSA) is 24.1 Å². The highest BCUT2D eigenvalue weighted by molar-refractivity contribution is 7.80. The summed E-state index contributed by atoms with van der Waals surface area (Å²) in [5, 5.41) is 6.92. The fraction of sp³-hybridized carbons (Fsp3) is 0.667. The Morgan fingerprint density at radius 2 is 1.79 bits per heavy atom. The third-order valence-corrected chi connectivity index (χ3v) is 5.29. The molecule has 2 nitrogen and oxygen atoms in total. The lowest BCUT2D eigenvalue weighted by atomic mass is 10.00. The maximum atomic E-state index is 5.67. The third-order valence-electron chi connectivity index (χ3n) is 4.96. The molecule has 0 aromatic heterocycles. The van der Waals surface area contributed by atoms with Crippen molar-refractivity contribution in [3.63, 3.8) is 0 Å². The van der Waals surface area contributed by atoms with Crippen LogP contribution in [0, 0.1) is 0 Å². The molecule has 0 bridgehead atoms. The van der Waals surface area contributed by atoms with Crippen molar-refractivity contribution in [2.45, 2.75) is 77.2 Å². The third kappa shape index (κ3) is 6.90. The average molecular weight is 347 g/mol. The second-order valence-corrected chi connectivity index (χ2v) is 7.45. The van der Waals surface area contributed by atoms with Crippen LogP contribution >= 0.6 is 12.2 Å². The van der Waals surface area contributed by atoms with Gasteiger partial charge in [0, 0.05) is 18.2 Å². The number of aryl methyl sites for hydroxylation is 1. The largest absolute Gasteiger partial charge is 0.372 e. The van der Waals surface area contributed by atoms with E-state index in [1.54, 1.807) is 0 Å². The van der Waals surface area contributed by atoms with Gasteiger partial charge < -0.3 is 10.6 Å². The van der Waals surface area contributed by atoms with Crippen LogP contribution in [0.5, 0.6) is 0 Å². The highest BCUT2D eigenvalue weighted by Gasteiger charge is 2.16. The summed E-state index contributed by atoms with van der Waals surface area (Å²) in [7, 11) is 0. The molecule has 0 spiro atoms. The van der Waals surface area contributed by atoms with E-state index in [0.29, 0.717) is 6.04 Å². The van der Waals surface area contributed by atoms with Crippen LogP contribution in [0.4, 0.5) is 0 Å². The molecule has 3 heteroatoms. The average Bonchev–Trinajstić information content (AvgIpc) is 3.10. The first-order valence-corrected chi connectivity index (χ1v) is 10.3. The van der Waals surface area contributed by atoms with Gasteiger partial charge in [0.25, 0.3) is 0 Å². The number of benzene rings is 1. The molecule has 2 N–H and O–H groups in total. The molecule has 1 fully saturated rings. The Balaban J connectivity index is 1.71. The summed E-state index contributed by atoms with van der Waals surface area (Å²) in [5.41, 5.74) is 2.65. The summed E-state index contributed by atoms with van der Waals surface area (Å²) in [6.07, 6.45) is 13.3. The number of hydrogen-bond acceptors (Lipinski definition) is 2. The van der Waals surface area contributed by atoms with E-state index in [1.165, 1.54) is 68.9 Å². The van der Waals surface area contributed by atoms with Crippen molar-refractivity contribution in [3.05, 3.63) is 35.4 Å². The minimum absolute atomic E-state index is 0.494. The molecule has 24 heavy (non-hydrogen) atoms. The van der Waals surface area contributed by atoms with E-state index in [4.69, 9.17) is 12.2 Å². The first-order valence-electron chi connectivity index (χ1n) is 9.90. The molecule has 1 heterocycles. The van der Waals surface area contributed by atoms with Crippen LogP contribution in [0.2, 0.25) is 0 Å². The molecule has 0 saturated carbocycles. The molecule has 1 atom stereocenters. The Kier molecular flexibility index (Phi) is 9.37. The second kappa shape index (κ2) is 11.6. The van der Waals surface area contributed by atoms with Crippen LogP contribution < -0.4 is 10.6 Å². The Labute approximate surface area is 153 Å². The van der Waals surface area contributed by atoms with Gasteiger partial charge >= 0.3 is 0 Å². The van der Waals surface area contributed by atoms with Crippen molar-refractivity contribution < 1.29 is 0 Å². The highest BCUT2D eigenvalue weighted by Crippen LogP contribution is 2.16. The molecule has 1 aliphatic heterocycles. The first kappa shape index (κ1) is 19.4. The van der Waals surface area contributed by atoms with Crippen molar-refractivity contribution in [1.82, 2.24) is 10.6 Å². The molecule has 134 valence electrons. The molecule has 1 aliphatic rings. The van der Waals surface area contributed by atoms with Gasteiger partial charge in [0.15, 0.2) is 0 Å². The smallest absolute Gasteiger partial charge is 0.107 e. The van der Waals surface area contributed by atoms with Crippen LogP contribution in [0.15, 0.2) is 24.3 Å². The molecule has 2 rings (SSSR count). The zero-order valence-corrected chi connectivity index (χ0v) is 16.1. The van der Waals surface area contributed by atoms with Crippen molar-refractivity contribution in [2.75, 3.05) is 13.1 Å². The van der Waals surface area contributed by atoms with E-state index in [-0.39, 0.29) is 0 Å². The Bertz CT molecular complexity index is 480. The number of rotatable bonds is 11. The summed E-state index contributed by atoms with van der Waals surface area (Å²) in [6, 6.07) is 9.17. The standard InChI is InChI=1S/C21H34N2S/c1-2-3-4-5-6-7-8-9-12-18-13-10-11-14-20(18)21(24)23-19-15-16-22-17-19/h10-11,13-14,19,22H,2-9,12,15-17H2,1H3,(H,23,24)/t19-/m1/s1. The summed E-state index contributed by atoms with van der Waals surface area (Å²) >= 11 is 5.67. The summed E-state index contributed by atoms with van der Waals surface area (Å²) in [4.78, 5) is 0.930. The number of hydrogen-bond donors (Lipinski definition) is 2. The van der Waals surface area contributed by atoms with Crippen LogP contribution in [0.3, 0.4) is 0 Å². The van der Waals surface area contributed by atoms with E-state index in [1.807, 2.05) is 0 Å². The van der Waals surface area contributed by atoms with E-state index >= 15 is 0 Å². The number of unbranched alkanes of at least 4 members (excludes halogenated alkanes) is 7. The highest BCUT2D eigenvalue weighted by atomic mass is 32.1. The second-order valence-electron chi connectivity index (χ2n) is 7.05. The Morgan fingerprint density at radius 3 is 2.50 bits per heavy atom. The van der Waals surface area contributed by atoms with E-state index < -0.39 is 0 Å². The van der Waals surface area contributed by atoms with Crippen molar-refractivity contribution >= 4 is 17.2 Å². The molecule has 0 aliphatic carbocycles. The monoisotopic (exact) mass is 346 g/mol. The Morgan fingerprint density at radius 1 is 1.08 bits per heavy atom. The molecule has 1 aromatic carbocycles. The van der Waals surface area contributed by atoms with Gasteiger partial charge in [-0.05, 0) is 31.4 Å². The van der Waals surface area contributed by atoms with E-state index in [2.05, 4.69) is 41.8 Å². The molecule has 0 unspecified atom stereocenters. The molecule has 0 radical (unpaired) electrons. The van der Waals surface area contributed by atoms with Crippen molar-refractivity contribution in [2.24, 2.45) is 0 Å². The van der Waals surface area contributed by atoms with Gasteiger partial charge in [-0.1, -0.05) is 88.4 Å². The zero-order valence-electron chi connectivity index (χ0n) is 15.3. The van der Waals surface area contributed by atoms with Crippen LogP contribution in [0.1, 0.15) is 75.8 Å². The van der Waals surface area contributed by atoms with Crippen LogP contribution in [-0.2, 0) is 6.42 Å². The summed E-state index contributed by atoms with van der Waals surface area (Å²) in [6.45, 7) is 4.40. The minimum Gasteiger partial charge on any atom is -0.372 e. The van der Waals surface area contributed by atoms with Gasteiger partial charge in [-0.2, -0.15) is 0 Å². The van der Waals surface area contributed by atoms with Gasteiger partial charge in [0.05, 0.1) is 0 Å². The molecule has 1 aromatic rings. The minimum atomic E-state index is 0.494. The maximum absolute atomic E-state index is 5.67. The van der Waals surface area contributed by atoms with Gasteiger partial charge in [-0.15, -0.1) is 0 Å². The lowest BCUT2D eigenvalue weighted by Crippen LogP contribution is -2.36. The molecular weight excluding hydrogens is 312 g/mol. The van der Waals surface area contributed by atoms with E-state index in [0.717, 1.165) is 24.5 Å². The molecular formula is C21H34N2S. The number of nitrogens with one attached hydrogen (secondary N) is 2. The summed E-state index contributed by atoms with van der Waals surface area (Å²) in [5.74, 6) is 0. The van der Waals surface area contributed by atoms with Gasteiger partial charge in [0.2, 0.25) is 0 Å². The summed E-state index contributed by atoms with van der Waals surface area (Å²) < 4.78 is 0. The fourth-order valence-electron chi connectivity index (χ4n) is 3.45. The maximum Gasteiger partial charge on any atom is 0.107 e. The quantitative estimate of drug-likeness (QED) is 0.436. The van der Waals surface area contributed by atoms with Crippen LogP contribution in [-0.4, -0.2) is 24.1 Å². The molecule has 0 amide bonds. The fourth-order valence-corrected chi connectivity index (χ4v) is 3.82. The normalized spacial score (nSPS) is 17.1.